The molecule has 4 aromatic carbocycles. The maximum Gasteiger partial charge on any atom is 0.0342 e. The standard InChI is InChI=1S/C38H24S2/c1-3-37(39-27-1)35-23-19-33(20-24-35)17-15-31-11-7-29(8-12-31)5-6-30-9-13-32(14-10-30)16-18-34-21-25-36(26-22-34)38-4-2-28-40-38/h1-14,19-28H/b6-5+. The van der Waals surface area contributed by atoms with Crippen molar-refractivity contribution in [2.45, 2.75) is 0 Å². The molecule has 0 aliphatic heterocycles. The van der Waals surface area contributed by atoms with E-state index in [4.69, 9.17) is 0 Å². The van der Waals surface area contributed by atoms with E-state index in [-0.39, 0.29) is 0 Å². The zero-order valence-corrected chi connectivity index (χ0v) is 23.3. The van der Waals surface area contributed by atoms with Gasteiger partial charge < -0.3 is 0 Å². The average molecular weight is 545 g/mol. The molecule has 0 bridgehead atoms. The molecule has 0 saturated carbocycles. The first-order valence-corrected chi connectivity index (χ1v) is 14.7. The predicted molar refractivity (Wildman–Crippen MR) is 173 cm³/mol. The first kappa shape index (κ1) is 25.4. The van der Waals surface area contributed by atoms with Crippen LogP contribution in [0, 0.1) is 23.7 Å². The number of thiophene rings is 2. The Hall–Kier alpha value is -4.86. The van der Waals surface area contributed by atoms with Gasteiger partial charge in [-0.25, -0.2) is 0 Å². The van der Waals surface area contributed by atoms with Gasteiger partial charge in [-0.2, -0.15) is 0 Å². The van der Waals surface area contributed by atoms with E-state index in [9.17, 15) is 0 Å². The summed E-state index contributed by atoms with van der Waals surface area (Å²) >= 11 is 3.50. The van der Waals surface area contributed by atoms with Crippen LogP contribution in [0.2, 0.25) is 0 Å². The normalized spacial score (nSPS) is 10.5. The molecule has 6 rings (SSSR count). The SMILES string of the molecule is C(#Cc1ccc(-c2cccs2)cc1)c1ccc(/C=C/c2ccc(C#Cc3ccc(-c4cccs4)cc3)cc2)cc1. The Bertz CT molecular complexity index is 1690. The molecule has 40 heavy (non-hydrogen) atoms. The van der Waals surface area contributed by atoms with Crippen molar-refractivity contribution in [3.63, 3.8) is 0 Å². The Balaban J connectivity index is 1.05. The lowest BCUT2D eigenvalue weighted by atomic mass is 10.1. The molecule has 2 heterocycles. The van der Waals surface area contributed by atoms with E-state index in [1.54, 1.807) is 22.7 Å². The first-order chi connectivity index (χ1) is 19.8. The Morgan fingerprint density at radius 1 is 0.375 bits per heavy atom. The van der Waals surface area contributed by atoms with Gasteiger partial charge in [-0.3, -0.25) is 0 Å². The Morgan fingerprint density at radius 2 is 0.700 bits per heavy atom. The van der Waals surface area contributed by atoms with E-state index in [0.29, 0.717) is 0 Å². The van der Waals surface area contributed by atoms with E-state index < -0.39 is 0 Å². The van der Waals surface area contributed by atoms with Gasteiger partial charge in [0, 0.05) is 32.0 Å². The summed E-state index contributed by atoms with van der Waals surface area (Å²) in [4.78, 5) is 2.55. The number of hydrogen-bond acceptors (Lipinski definition) is 2. The second-order valence-corrected chi connectivity index (χ2v) is 11.1. The molecule has 0 nitrogen and oxygen atoms in total. The third kappa shape index (κ3) is 6.58. The molecule has 0 unspecified atom stereocenters. The number of hydrogen-bond donors (Lipinski definition) is 0. The molecule has 0 atom stereocenters. The molecule has 6 aromatic rings. The van der Waals surface area contributed by atoms with Gasteiger partial charge in [0.1, 0.15) is 0 Å². The third-order valence-electron chi connectivity index (χ3n) is 6.37. The largest absolute Gasteiger partial charge is 0.144 e. The van der Waals surface area contributed by atoms with Crippen molar-refractivity contribution >= 4 is 34.8 Å². The summed E-state index contributed by atoms with van der Waals surface area (Å²) < 4.78 is 0. The highest BCUT2D eigenvalue weighted by Crippen LogP contribution is 2.25. The molecule has 188 valence electrons. The lowest BCUT2D eigenvalue weighted by Crippen LogP contribution is -1.79. The second kappa shape index (κ2) is 12.3. The fourth-order valence-corrected chi connectivity index (χ4v) is 5.62. The molecular formula is C38H24S2. The minimum Gasteiger partial charge on any atom is -0.144 e. The molecule has 2 heteroatoms. The topological polar surface area (TPSA) is 0 Å². The summed E-state index contributed by atoms with van der Waals surface area (Å²) in [5.41, 5.74) is 8.78. The summed E-state index contributed by atoms with van der Waals surface area (Å²) in [5, 5.41) is 4.20. The Morgan fingerprint density at radius 3 is 1.00 bits per heavy atom. The van der Waals surface area contributed by atoms with Crippen LogP contribution in [0.1, 0.15) is 33.4 Å². The highest BCUT2D eigenvalue weighted by molar-refractivity contribution is 7.13. The molecule has 2 aromatic heterocycles. The van der Waals surface area contributed by atoms with Gasteiger partial charge in [-0.15, -0.1) is 22.7 Å². The maximum absolute atomic E-state index is 3.27. The maximum atomic E-state index is 3.27. The van der Waals surface area contributed by atoms with Crippen LogP contribution < -0.4 is 0 Å². The van der Waals surface area contributed by atoms with Crippen molar-refractivity contribution in [2.24, 2.45) is 0 Å². The average Bonchev–Trinajstić information content (AvgIpc) is 3.75. The van der Waals surface area contributed by atoms with Crippen LogP contribution in [0.5, 0.6) is 0 Å². The molecule has 0 fully saturated rings. The fraction of sp³-hybridized carbons (Fsp3) is 0. The molecular weight excluding hydrogens is 521 g/mol. The van der Waals surface area contributed by atoms with Crippen molar-refractivity contribution in [3.05, 3.63) is 165 Å². The van der Waals surface area contributed by atoms with Gasteiger partial charge in [0.15, 0.2) is 0 Å². The van der Waals surface area contributed by atoms with Gasteiger partial charge in [0.05, 0.1) is 0 Å². The summed E-state index contributed by atoms with van der Waals surface area (Å²) in [6.45, 7) is 0. The van der Waals surface area contributed by atoms with Gasteiger partial charge in [0.2, 0.25) is 0 Å². The molecule has 0 spiro atoms. The number of benzene rings is 4. The highest BCUT2D eigenvalue weighted by atomic mass is 32.1. The zero-order valence-electron chi connectivity index (χ0n) is 21.7. The van der Waals surface area contributed by atoms with Crippen molar-refractivity contribution in [3.8, 4) is 44.6 Å². The van der Waals surface area contributed by atoms with Crippen LogP contribution in [-0.4, -0.2) is 0 Å². The lowest BCUT2D eigenvalue weighted by Gasteiger charge is -1.98. The van der Waals surface area contributed by atoms with E-state index in [0.717, 1.165) is 33.4 Å². The Kier molecular flexibility index (Phi) is 7.84. The van der Waals surface area contributed by atoms with Crippen LogP contribution in [-0.2, 0) is 0 Å². The van der Waals surface area contributed by atoms with Gasteiger partial charge in [0.25, 0.3) is 0 Å². The quantitative estimate of drug-likeness (QED) is 0.153. The first-order valence-electron chi connectivity index (χ1n) is 13.0. The van der Waals surface area contributed by atoms with E-state index in [2.05, 4.69) is 168 Å². The summed E-state index contributed by atoms with van der Waals surface area (Å²) in [7, 11) is 0. The van der Waals surface area contributed by atoms with Crippen molar-refractivity contribution in [1.82, 2.24) is 0 Å². The molecule has 0 aliphatic carbocycles. The summed E-state index contributed by atoms with van der Waals surface area (Å²) in [6.07, 6.45) is 4.24. The van der Waals surface area contributed by atoms with E-state index >= 15 is 0 Å². The van der Waals surface area contributed by atoms with Crippen molar-refractivity contribution in [2.75, 3.05) is 0 Å². The zero-order chi connectivity index (χ0) is 27.0. The highest BCUT2D eigenvalue weighted by Gasteiger charge is 1.99. The van der Waals surface area contributed by atoms with Gasteiger partial charge in [-0.05, 0) is 93.7 Å². The predicted octanol–water partition coefficient (Wildman–Crippen LogP) is 10.1. The Labute approximate surface area is 243 Å². The van der Waals surface area contributed by atoms with E-state index in [1.165, 1.54) is 20.9 Å². The van der Waals surface area contributed by atoms with Crippen molar-refractivity contribution in [1.29, 1.82) is 0 Å². The van der Waals surface area contributed by atoms with E-state index in [1.807, 2.05) is 0 Å². The monoisotopic (exact) mass is 544 g/mol. The lowest BCUT2D eigenvalue weighted by molar-refractivity contribution is 1.59. The summed E-state index contributed by atoms with van der Waals surface area (Å²) in [6, 6.07) is 42.0. The molecule has 0 saturated heterocycles. The molecule has 0 radical (unpaired) electrons. The summed E-state index contributed by atoms with van der Waals surface area (Å²) in [5.74, 6) is 13.1. The van der Waals surface area contributed by atoms with Crippen LogP contribution in [0.3, 0.4) is 0 Å². The van der Waals surface area contributed by atoms with Crippen LogP contribution in [0.4, 0.5) is 0 Å². The fourth-order valence-electron chi connectivity index (χ4n) is 4.16. The molecule has 0 aliphatic rings. The third-order valence-corrected chi connectivity index (χ3v) is 8.21. The molecule has 0 amide bonds. The van der Waals surface area contributed by atoms with Crippen LogP contribution in [0.15, 0.2) is 132 Å². The van der Waals surface area contributed by atoms with Gasteiger partial charge in [-0.1, -0.05) is 96.5 Å². The minimum absolute atomic E-state index is 1.00. The number of rotatable bonds is 4. The van der Waals surface area contributed by atoms with Gasteiger partial charge >= 0.3 is 0 Å². The second-order valence-electron chi connectivity index (χ2n) is 9.19. The minimum atomic E-state index is 1.00. The van der Waals surface area contributed by atoms with Crippen LogP contribution in [0.25, 0.3) is 33.0 Å². The molecule has 0 N–H and O–H groups in total. The van der Waals surface area contributed by atoms with Crippen molar-refractivity contribution < 1.29 is 0 Å². The smallest absolute Gasteiger partial charge is 0.0342 e. The van der Waals surface area contributed by atoms with Crippen LogP contribution >= 0.6 is 22.7 Å².